The van der Waals surface area contributed by atoms with Gasteiger partial charge in [-0.3, -0.25) is 14.8 Å². The molecule has 2 rings (SSSR count). The average Bonchev–Trinajstić information content (AvgIpc) is 2.48. The fourth-order valence-electron chi connectivity index (χ4n) is 1.73. The predicted molar refractivity (Wildman–Crippen MR) is 87.2 cm³/mol. The number of nitro groups is 1. The van der Waals surface area contributed by atoms with Crippen LogP contribution in [0.3, 0.4) is 0 Å². The Hall–Kier alpha value is -1.91. The van der Waals surface area contributed by atoms with Crippen LogP contribution >= 0.6 is 23.4 Å². The van der Waals surface area contributed by atoms with Crippen LogP contribution in [0.5, 0.6) is 0 Å². The second-order valence-corrected chi connectivity index (χ2v) is 7.50. The van der Waals surface area contributed by atoms with Crippen molar-refractivity contribution in [2.24, 2.45) is 0 Å². The predicted octanol–water partition coefficient (Wildman–Crippen LogP) is 4.36. The topological polar surface area (TPSA) is 89.3 Å². The molecule has 0 aliphatic heterocycles. The lowest BCUT2D eigenvalue weighted by atomic mass is 10.3. The van der Waals surface area contributed by atoms with E-state index in [2.05, 4.69) is 4.72 Å². The first-order valence-electron chi connectivity index (χ1n) is 6.20. The van der Waals surface area contributed by atoms with E-state index < -0.39 is 31.3 Å². The fourth-order valence-corrected chi connectivity index (χ4v) is 3.80. The number of sulfonamides is 1. The number of nitrogens with zero attached hydrogens (tertiary/aromatic N) is 1. The first-order valence-corrected chi connectivity index (χ1v) is 8.95. The molecule has 11 heteroatoms. The number of alkyl halides is 2. The number of hydrogen-bond donors (Lipinski definition) is 1. The van der Waals surface area contributed by atoms with Gasteiger partial charge in [0, 0.05) is 22.7 Å². The Kier molecular flexibility index (Phi) is 5.62. The highest BCUT2D eigenvalue weighted by molar-refractivity contribution is 7.99. The van der Waals surface area contributed by atoms with Crippen molar-refractivity contribution in [3.63, 3.8) is 0 Å². The van der Waals surface area contributed by atoms with E-state index in [-0.39, 0.29) is 15.6 Å². The zero-order valence-electron chi connectivity index (χ0n) is 11.6. The van der Waals surface area contributed by atoms with Crippen LogP contribution in [-0.4, -0.2) is 19.1 Å². The first-order chi connectivity index (χ1) is 11.2. The van der Waals surface area contributed by atoms with Crippen molar-refractivity contribution in [2.75, 3.05) is 4.72 Å². The molecule has 0 radical (unpaired) electrons. The average molecular weight is 395 g/mol. The molecular formula is C13H9ClF2N2O4S2. The molecule has 0 unspecified atom stereocenters. The normalized spacial score (nSPS) is 11.5. The number of halogens is 3. The molecule has 0 aromatic heterocycles. The van der Waals surface area contributed by atoms with Crippen LogP contribution in [0, 0.1) is 10.1 Å². The van der Waals surface area contributed by atoms with Gasteiger partial charge in [0.25, 0.3) is 21.5 Å². The zero-order chi connectivity index (χ0) is 17.9. The highest BCUT2D eigenvalue weighted by Gasteiger charge is 2.21. The maximum Gasteiger partial charge on any atom is 0.288 e. The molecule has 2 aromatic rings. The number of non-ortho nitro benzene ring substituents is 1. The number of nitro benzene ring substituents is 1. The molecule has 0 heterocycles. The molecule has 0 bridgehead atoms. The SMILES string of the molecule is O=[N+]([O-])c1ccc(Cl)c(S(=O)(=O)Nc2ccc(SC(F)F)cc2)c1. The summed E-state index contributed by atoms with van der Waals surface area (Å²) in [6, 6.07) is 8.27. The number of anilines is 1. The van der Waals surface area contributed by atoms with Gasteiger partial charge in [0.05, 0.1) is 9.95 Å². The Morgan fingerprint density at radius 1 is 1.17 bits per heavy atom. The highest BCUT2D eigenvalue weighted by atomic mass is 35.5. The molecule has 6 nitrogen and oxygen atoms in total. The molecule has 2 aromatic carbocycles. The quantitative estimate of drug-likeness (QED) is 0.446. The van der Waals surface area contributed by atoms with Crippen LogP contribution in [0.15, 0.2) is 52.3 Å². The molecular weight excluding hydrogens is 386 g/mol. The van der Waals surface area contributed by atoms with Crippen molar-refractivity contribution in [3.05, 3.63) is 57.6 Å². The van der Waals surface area contributed by atoms with Crippen molar-refractivity contribution in [1.29, 1.82) is 0 Å². The number of rotatable bonds is 6. The van der Waals surface area contributed by atoms with Gasteiger partial charge >= 0.3 is 0 Å². The third kappa shape index (κ3) is 4.56. The van der Waals surface area contributed by atoms with Crippen molar-refractivity contribution in [1.82, 2.24) is 0 Å². The van der Waals surface area contributed by atoms with E-state index in [9.17, 15) is 27.3 Å². The van der Waals surface area contributed by atoms with Crippen LogP contribution in [-0.2, 0) is 10.0 Å². The Morgan fingerprint density at radius 2 is 1.79 bits per heavy atom. The van der Waals surface area contributed by atoms with Gasteiger partial charge in [-0.25, -0.2) is 8.42 Å². The molecule has 0 amide bonds. The van der Waals surface area contributed by atoms with Crippen molar-refractivity contribution in [2.45, 2.75) is 15.5 Å². The molecule has 0 aliphatic carbocycles. The minimum atomic E-state index is -4.18. The summed E-state index contributed by atoms with van der Waals surface area (Å²) in [6.07, 6.45) is 0. The second-order valence-electron chi connectivity index (χ2n) is 4.38. The number of thioether (sulfide) groups is 1. The number of nitrogens with one attached hydrogen (secondary N) is 1. The molecule has 128 valence electrons. The number of benzene rings is 2. The summed E-state index contributed by atoms with van der Waals surface area (Å²) < 4.78 is 51.3. The van der Waals surface area contributed by atoms with E-state index >= 15 is 0 Å². The lowest BCUT2D eigenvalue weighted by Gasteiger charge is -2.10. The molecule has 0 saturated heterocycles. The van der Waals surface area contributed by atoms with Crippen LogP contribution < -0.4 is 4.72 Å². The molecule has 24 heavy (non-hydrogen) atoms. The lowest BCUT2D eigenvalue weighted by molar-refractivity contribution is -0.385. The Morgan fingerprint density at radius 3 is 2.33 bits per heavy atom. The Labute approximate surface area is 145 Å². The maximum atomic E-state index is 12.3. The third-order valence-corrected chi connectivity index (χ3v) is 5.33. The second kappa shape index (κ2) is 7.32. The summed E-state index contributed by atoms with van der Waals surface area (Å²) in [6.45, 7) is 0. The maximum absolute atomic E-state index is 12.3. The van der Waals surface area contributed by atoms with Crippen molar-refractivity contribution in [3.8, 4) is 0 Å². The van der Waals surface area contributed by atoms with E-state index in [0.29, 0.717) is 11.8 Å². The van der Waals surface area contributed by atoms with Gasteiger partial charge in [0.1, 0.15) is 4.90 Å². The first kappa shape index (κ1) is 18.4. The van der Waals surface area contributed by atoms with Gasteiger partial charge in [-0.1, -0.05) is 23.4 Å². The van der Waals surface area contributed by atoms with Gasteiger partial charge in [-0.2, -0.15) is 8.78 Å². The van der Waals surface area contributed by atoms with E-state index in [1.54, 1.807) is 0 Å². The van der Waals surface area contributed by atoms with Gasteiger partial charge in [-0.05, 0) is 30.3 Å². The molecule has 0 saturated carbocycles. The summed E-state index contributed by atoms with van der Waals surface area (Å²) in [5, 5.41) is 10.6. The fraction of sp³-hybridized carbons (Fsp3) is 0.0769. The van der Waals surface area contributed by atoms with E-state index in [4.69, 9.17) is 11.6 Å². The lowest BCUT2D eigenvalue weighted by Crippen LogP contribution is -2.13. The Balaban J connectivity index is 2.28. The summed E-state index contributed by atoms with van der Waals surface area (Å²) in [7, 11) is -4.18. The minimum Gasteiger partial charge on any atom is -0.280 e. The van der Waals surface area contributed by atoms with Gasteiger partial charge < -0.3 is 0 Å². The largest absolute Gasteiger partial charge is 0.288 e. The summed E-state index contributed by atoms with van der Waals surface area (Å²) in [5.41, 5.74) is -0.320. The summed E-state index contributed by atoms with van der Waals surface area (Å²) in [5.74, 6) is -2.59. The van der Waals surface area contributed by atoms with Gasteiger partial charge in [-0.15, -0.1) is 0 Å². The summed E-state index contributed by atoms with van der Waals surface area (Å²) in [4.78, 5) is 9.83. The molecule has 0 aliphatic rings. The molecule has 0 atom stereocenters. The van der Waals surface area contributed by atoms with Crippen molar-refractivity contribution >= 4 is 44.8 Å². The molecule has 0 fully saturated rings. The third-order valence-electron chi connectivity index (χ3n) is 2.75. The van der Waals surface area contributed by atoms with E-state index in [1.165, 1.54) is 24.3 Å². The smallest absolute Gasteiger partial charge is 0.280 e. The monoisotopic (exact) mass is 394 g/mol. The zero-order valence-corrected chi connectivity index (χ0v) is 14.0. The van der Waals surface area contributed by atoms with Crippen LogP contribution in [0.2, 0.25) is 5.02 Å². The van der Waals surface area contributed by atoms with Gasteiger partial charge in [0.2, 0.25) is 0 Å². The number of hydrogen-bond acceptors (Lipinski definition) is 5. The van der Waals surface area contributed by atoms with Crippen LogP contribution in [0.25, 0.3) is 0 Å². The van der Waals surface area contributed by atoms with E-state index in [0.717, 1.165) is 18.2 Å². The standard InChI is InChI=1S/C13H9ClF2N2O4S2/c14-11-6-3-9(18(19)20)7-12(11)24(21,22)17-8-1-4-10(5-2-8)23-13(15)16/h1-7,13,17H. The molecule has 0 spiro atoms. The highest BCUT2D eigenvalue weighted by Crippen LogP contribution is 2.29. The van der Waals surface area contributed by atoms with E-state index in [1.807, 2.05) is 0 Å². The van der Waals surface area contributed by atoms with Crippen molar-refractivity contribution < 1.29 is 22.1 Å². The molecule has 1 N–H and O–H groups in total. The minimum absolute atomic E-state index is 0.108. The van der Waals surface area contributed by atoms with Gasteiger partial charge in [0.15, 0.2) is 0 Å². The van der Waals surface area contributed by atoms with Crippen LogP contribution in [0.4, 0.5) is 20.2 Å². The Bertz CT molecular complexity index is 861. The summed E-state index contributed by atoms with van der Waals surface area (Å²) >= 11 is 6.13. The van der Waals surface area contributed by atoms with Crippen LogP contribution in [0.1, 0.15) is 0 Å².